The predicted molar refractivity (Wildman–Crippen MR) is 168 cm³/mol. The molecule has 0 saturated carbocycles. The number of benzene rings is 2. The number of aromatic nitrogens is 2. The van der Waals surface area contributed by atoms with Crippen LogP contribution in [0.4, 0.5) is 10.1 Å². The maximum absolute atomic E-state index is 13.1. The number of fused-ring (bicyclic) bond motifs is 1. The highest BCUT2D eigenvalue weighted by molar-refractivity contribution is 6.32. The molecule has 1 N–H and O–H groups in total. The largest absolute Gasteiger partial charge is 0.493 e. The van der Waals surface area contributed by atoms with Crippen LogP contribution in [0.15, 0.2) is 60.9 Å². The van der Waals surface area contributed by atoms with Crippen molar-refractivity contribution in [2.75, 3.05) is 38.7 Å². The normalized spacial score (nSPS) is 11.0. The van der Waals surface area contributed by atoms with Crippen LogP contribution in [0.2, 0.25) is 5.02 Å². The second-order valence-electron chi connectivity index (χ2n) is 10.1. The van der Waals surface area contributed by atoms with Crippen molar-refractivity contribution in [1.82, 2.24) is 14.9 Å². The number of carbonyl (C=O) groups excluding carboxylic acids is 2. The third-order valence-corrected chi connectivity index (χ3v) is 7.29. The first-order valence-electron chi connectivity index (χ1n) is 14.5. The molecular formula is C33H36ClFN4O5. The molecule has 2 heterocycles. The fourth-order valence-electron chi connectivity index (χ4n) is 4.58. The second kappa shape index (κ2) is 16.0. The molecule has 0 fully saturated rings. The summed E-state index contributed by atoms with van der Waals surface area (Å²) in [4.78, 5) is 35.8. The minimum absolute atomic E-state index is 0.128. The first kappa shape index (κ1) is 32.6. The Morgan fingerprint density at radius 3 is 2.48 bits per heavy atom. The standard InChI is InChI=1S/C33H36ClFN4O5/c1-4-39(5-2)15-6-16-43-31-20-28-26(19-30(31)42-3)29(13-14-36-28)44-33-27(34)17-24(21-37-33)38-32(41)18-25(40)12-9-22-7-10-23(35)11-8-22/h7-8,10-11,13-14,17,19-21H,4-6,9,12,15-16,18H2,1-3H3,(H,38,41). The number of aryl methyl sites for hydroxylation is 1. The van der Waals surface area contributed by atoms with Crippen molar-refractivity contribution in [1.29, 1.82) is 0 Å². The Bertz CT molecular complexity index is 1580. The Balaban J connectivity index is 1.37. The third kappa shape index (κ3) is 9.11. The molecule has 0 unspecified atom stereocenters. The van der Waals surface area contributed by atoms with Gasteiger partial charge in [0.1, 0.15) is 22.4 Å². The minimum atomic E-state index is -0.487. The molecule has 0 atom stereocenters. The zero-order chi connectivity index (χ0) is 31.5. The van der Waals surface area contributed by atoms with E-state index in [1.165, 1.54) is 24.4 Å². The van der Waals surface area contributed by atoms with Crippen LogP contribution in [0.1, 0.15) is 38.7 Å². The number of ketones is 1. The lowest BCUT2D eigenvalue weighted by Crippen LogP contribution is -2.25. The number of rotatable bonds is 16. The molecule has 4 aromatic rings. The average molecular weight is 623 g/mol. The van der Waals surface area contributed by atoms with Crippen molar-refractivity contribution in [3.8, 4) is 23.1 Å². The van der Waals surface area contributed by atoms with Gasteiger partial charge in [-0.1, -0.05) is 37.6 Å². The van der Waals surface area contributed by atoms with E-state index in [0.29, 0.717) is 46.9 Å². The fraction of sp³-hybridized carbons (Fsp3) is 0.333. The molecule has 4 rings (SSSR count). The van der Waals surface area contributed by atoms with Gasteiger partial charge in [-0.25, -0.2) is 9.37 Å². The maximum Gasteiger partial charge on any atom is 0.238 e. The van der Waals surface area contributed by atoms with Gasteiger partial charge in [0.15, 0.2) is 11.5 Å². The number of anilines is 1. The smallest absolute Gasteiger partial charge is 0.238 e. The number of ether oxygens (including phenoxy) is 3. The van der Waals surface area contributed by atoms with Crippen molar-refractivity contribution in [3.63, 3.8) is 0 Å². The number of pyridine rings is 2. The first-order chi connectivity index (χ1) is 21.3. The van der Waals surface area contributed by atoms with Crippen LogP contribution < -0.4 is 19.5 Å². The van der Waals surface area contributed by atoms with Crippen molar-refractivity contribution in [2.45, 2.75) is 39.5 Å². The van der Waals surface area contributed by atoms with Crippen molar-refractivity contribution < 1.29 is 28.2 Å². The fourth-order valence-corrected chi connectivity index (χ4v) is 4.79. The number of nitrogens with one attached hydrogen (secondary N) is 1. The van der Waals surface area contributed by atoms with Crippen molar-refractivity contribution in [2.24, 2.45) is 0 Å². The average Bonchev–Trinajstić information content (AvgIpc) is 3.01. The van der Waals surface area contributed by atoms with Crippen LogP contribution in [0.25, 0.3) is 10.9 Å². The van der Waals surface area contributed by atoms with Gasteiger partial charge in [-0.3, -0.25) is 14.6 Å². The SMILES string of the molecule is CCN(CC)CCCOc1cc2nccc(Oc3ncc(NC(=O)CC(=O)CCc4ccc(F)cc4)cc3Cl)c2cc1OC. The Kier molecular flexibility index (Phi) is 11.8. The molecule has 0 aliphatic heterocycles. The number of Topliss-reactive ketones (excluding diaryl/α,β-unsaturated/α-hetero) is 1. The summed E-state index contributed by atoms with van der Waals surface area (Å²) < 4.78 is 30.7. The second-order valence-corrected chi connectivity index (χ2v) is 10.5. The van der Waals surface area contributed by atoms with E-state index in [9.17, 15) is 14.0 Å². The topological polar surface area (TPSA) is 103 Å². The van der Waals surface area contributed by atoms with E-state index in [-0.39, 0.29) is 35.3 Å². The zero-order valence-electron chi connectivity index (χ0n) is 25.1. The van der Waals surface area contributed by atoms with Crippen LogP contribution in [0.5, 0.6) is 23.1 Å². The van der Waals surface area contributed by atoms with E-state index >= 15 is 0 Å². The molecular weight excluding hydrogens is 587 g/mol. The molecule has 0 aliphatic rings. The van der Waals surface area contributed by atoms with Gasteiger partial charge in [0, 0.05) is 30.6 Å². The number of halogens is 2. The van der Waals surface area contributed by atoms with Gasteiger partial charge in [0.25, 0.3) is 0 Å². The number of hydrogen-bond donors (Lipinski definition) is 1. The Hall–Kier alpha value is -4.28. The van der Waals surface area contributed by atoms with Crippen molar-refractivity contribution in [3.05, 3.63) is 77.3 Å². The molecule has 1 amide bonds. The highest BCUT2D eigenvalue weighted by Crippen LogP contribution is 2.38. The van der Waals surface area contributed by atoms with Crippen LogP contribution in [0, 0.1) is 5.82 Å². The predicted octanol–water partition coefficient (Wildman–Crippen LogP) is 6.86. The van der Waals surface area contributed by atoms with E-state index in [2.05, 4.69) is 34.0 Å². The Labute approximate surface area is 261 Å². The lowest BCUT2D eigenvalue weighted by atomic mass is 10.1. The van der Waals surface area contributed by atoms with Gasteiger partial charge in [-0.05, 0) is 61.8 Å². The molecule has 0 aliphatic carbocycles. The van der Waals surface area contributed by atoms with Crippen LogP contribution in [-0.2, 0) is 16.0 Å². The van der Waals surface area contributed by atoms with Crippen molar-refractivity contribution >= 4 is 39.9 Å². The van der Waals surface area contributed by atoms with E-state index in [1.54, 1.807) is 37.6 Å². The highest BCUT2D eigenvalue weighted by atomic mass is 35.5. The molecule has 11 heteroatoms. The molecule has 2 aromatic carbocycles. The summed E-state index contributed by atoms with van der Waals surface area (Å²) in [5, 5.41) is 3.48. The molecule has 0 radical (unpaired) electrons. The molecule has 232 valence electrons. The molecule has 0 spiro atoms. The summed E-state index contributed by atoms with van der Waals surface area (Å²) in [5.74, 6) is 0.659. The third-order valence-electron chi connectivity index (χ3n) is 7.02. The summed E-state index contributed by atoms with van der Waals surface area (Å²) in [6.07, 6.45) is 4.18. The number of hydrogen-bond acceptors (Lipinski definition) is 8. The van der Waals surface area contributed by atoms with E-state index in [1.807, 2.05) is 6.07 Å². The van der Waals surface area contributed by atoms with Crippen LogP contribution in [0.3, 0.4) is 0 Å². The highest BCUT2D eigenvalue weighted by Gasteiger charge is 2.16. The van der Waals surface area contributed by atoms with Crippen LogP contribution >= 0.6 is 11.6 Å². The summed E-state index contributed by atoms with van der Waals surface area (Å²) in [6.45, 7) is 7.78. The van der Waals surface area contributed by atoms with E-state index < -0.39 is 5.91 Å². The zero-order valence-corrected chi connectivity index (χ0v) is 25.8. The van der Waals surface area contributed by atoms with Gasteiger partial charge in [0.2, 0.25) is 11.8 Å². The number of methoxy groups -OCH3 is 1. The van der Waals surface area contributed by atoms with E-state index in [4.69, 9.17) is 25.8 Å². The quantitative estimate of drug-likeness (QED) is 0.107. The van der Waals surface area contributed by atoms with E-state index in [0.717, 1.165) is 31.6 Å². The molecule has 0 bridgehead atoms. The van der Waals surface area contributed by atoms with Crippen LogP contribution in [-0.4, -0.2) is 59.9 Å². The molecule has 2 aromatic heterocycles. The van der Waals surface area contributed by atoms with Gasteiger partial charge in [0.05, 0.1) is 37.5 Å². The summed E-state index contributed by atoms with van der Waals surface area (Å²) in [5.41, 5.74) is 1.79. The monoisotopic (exact) mass is 622 g/mol. The number of amides is 1. The number of carbonyl (C=O) groups is 2. The van der Waals surface area contributed by atoms with Gasteiger partial charge in [-0.15, -0.1) is 0 Å². The number of nitrogens with zero attached hydrogens (tertiary/aromatic N) is 3. The van der Waals surface area contributed by atoms with Gasteiger partial charge < -0.3 is 24.4 Å². The maximum atomic E-state index is 13.1. The minimum Gasteiger partial charge on any atom is -0.493 e. The summed E-state index contributed by atoms with van der Waals surface area (Å²) >= 11 is 6.45. The van der Waals surface area contributed by atoms with Gasteiger partial charge >= 0.3 is 0 Å². The Morgan fingerprint density at radius 1 is 1.00 bits per heavy atom. The first-order valence-corrected chi connectivity index (χ1v) is 14.9. The molecule has 9 nitrogen and oxygen atoms in total. The molecule has 0 saturated heterocycles. The Morgan fingerprint density at radius 2 is 1.77 bits per heavy atom. The lowest BCUT2D eigenvalue weighted by molar-refractivity contribution is -0.125. The molecule has 44 heavy (non-hydrogen) atoms. The summed E-state index contributed by atoms with van der Waals surface area (Å²) in [6, 6.07) is 12.7. The van der Waals surface area contributed by atoms with Gasteiger partial charge in [-0.2, -0.15) is 0 Å². The summed E-state index contributed by atoms with van der Waals surface area (Å²) in [7, 11) is 1.57. The lowest BCUT2D eigenvalue weighted by Gasteiger charge is -2.18.